The van der Waals surface area contributed by atoms with Gasteiger partial charge in [-0.2, -0.15) is 8.78 Å². The van der Waals surface area contributed by atoms with Crippen LogP contribution in [0.2, 0.25) is 5.02 Å². The van der Waals surface area contributed by atoms with Crippen LogP contribution < -0.4 is 14.8 Å². The van der Waals surface area contributed by atoms with Crippen LogP contribution in [0.5, 0.6) is 11.5 Å². The molecule has 0 aromatic heterocycles. The van der Waals surface area contributed by atoms with E-state index >= 15 is 0 Å². The van der Waals surface area contributed by atoms with E-state index in [4.69, 9.17) is 16.3 Å². The van der Waals surface area contributed by atoms with Gasteiger partial charge in [0.25, 0.3) is 0 Å². The molecule has 0 spiro atoms. The predicted molar refractivity (Wildman–Crippen MR) is 88.7 cm³/mol. The highest BCUT2D eigenvalue weighted by Gasteiger charge is 2.10. The van der Waals surface area contributed by atoms with Crippen LogP contribution in [0.25, 0.3) is 6.08 Å². The van der Waals surface area contributed by atoms with Crippen molar-refractivity contribution in [3.63, 3.8) is 0 Å². The van der Waals surface area contributed by atoms with Gasteiger partial charge in [0.1, 0.15) is 0 Å². The summed E-state index contributed by atoms with van der Waals surface area (Å²) in [6, 6.07) is 11.2. The van der Waals surface area contributed by atoms with Crippen LogP contribution in [0, 0.1) is 0 Å². The fraction of sp³-hybridized carbons (Fsp3) is 0.118. The number of hydrogen-bond donors (Lipinski definition) is 1. The maximum atomic E-state index is 12.3. The van der Waals surface area contributed by atoms with Crippen LogP contribution in [0.4, 0.5) is 14.5 Å². The number of nitrogens with one attached hydrogen (secondary N) is 1. The quantitative estimate of drug-likeness (QED) is 0.772. The Morgan fingerprint density at radius 1 is 1.21 bits per heavy atom. The Morgan fingerprint density at radius 2 is 1.96 bits per heavy atom. The van der Waals surface area contributed by atoms with Crippen LogP contribution in [-0.2, 0) is 4.79 Å². The summed E-state index contributed by atoms with van der Waals surface area (Å²) in [6.45, 7) is -2.94. The Bertz CT molecular complexity index is 750. The first-order chi connectivity index (χ1) is 11.5. The fourth-order valence-electron chi connectivity index (χ4n) is 1.89. The maximum absolute atomic E-state index is 12.3. The molecule has 0 atom stereocenters. The number of para-hydroxylation sites is 1. The molecule has 0 aliphatic carbocycles. The topological polar surface area (TPSA) is 47.6 Å². The molecule has 0 aliphatic rings. The van der Waals surface area contributed by atoms with Gasteiger partial charge in [0.15, 0.2) is 11.5 Å². The number of anilines is 1. The number of carbonyl (C=O) groups is 1. The lowest BCUT2D eigenvalue weighted by Gasteiger charge is -2.10. The summed E-state index contributed by atoms with van der Waals surface area (Å²) in [5, 5.41) is 3.06. The van der Waals surface area contributed by atoms with Gasteiger partial charge in [-0.1, -0.05) is 29.8 Å². The smallest absolute Gasteiger partial charge is 0.387 e. The zero-order chi connectivity index (χ0) is 17.5. The van der Waals surface area contributed by atoms with Crippen LogP contribution in [-0.4, -0.2) is 19.6 Å². The normalized spacial score (nSPS) is 10.9. The molecule has 0 radical (unpaired) electrons. The van der Waals surface area contributed by atoms with Crippen molar-refractivity contribution in [3.05, 3.63) is 59.1 Å². The maximum Gasteiger partial charge on any atom is 0.387 e. The molecule has 1 amide bonds. The second-order valence-electron chi connectivity index (χ2n) is 4.59. The number of amides is 1. The van der Waals surface area contributed by atoms with Crippen molar-refractivity contribution >= 4 is 29.3 Å². The van der Waals surface area contributed by atoms with Crippen molar-refractivity contribution in [2.24, 2.45) is 0 Å². The van der Waals surface area contributed by atoms with E-state index in [0.717, 1.165) is 0 Å². The molecule has 0 bridgehead atoms. The number of halogens is 3. The van der Waals surface area contributed by atoms with E-state index in [9.17, 15) is 13.6 Å². The van der Waals surface area contributed by atoms with Crippen molar-refractivity contribution < 1.29 is 23.0 Å². The van der Waals surface area contributed by atoms with Crippen molar-refractivity contribution in [2.45, 2.75) is 6.61 Å². The highest BCUT2D eigenvalue weighted by atomic mass is 35.5. The van der Waals surface area contributed by atoms with E-state index < -0.39 is 6.61 Å². The molecule has 0 aliphatic heterocycles. The third-order valence-electron chi connectivity index (χ3n) is 2.96. The standard InChI is InChI=1S/C17H14ClF2NO3/c1-23-15-10-11(6-8-14(15)24-17(19)20)7-9-16(22)21-13-5-3-2-4-12(13)18/h2-10,17H,1H3,(H,21,22). The molecule has 0 heterocycles. The monoisotopic (exact) mass is 353 g/mol. The Labute approximate surface area is 142 Å². The molecule has 24 heavy (non-hydrogen) atoms. The predicted octanol–water partition coefficient (Wildman–Crippen LogP) is 4.60. The summed E-state index contributed by atoms with van der Waals surface area (Å²) in [5.41, 5.74) is 1.08. The van der Waals surface area contributed by atoms with Gasteiger partial charge in [-0.3, -0.25) is 4.79 Å². The van der Waals surface area contributed by atoms with Gasteiger partial charge in [-0.05, 0) is 35.9 Å². The highest BCUT2D eigenvalue weighted by Crippen LogP contribution is 2.29. The molecule has 2 rings (SSSR count). The zero-order valence-corrected chi connectivity index (χ0v) is 13.4. The molecule has 2 aromatic rings. The number of ether oxygens (including phenoxy) is 2. The summed E-state index contributed by atoms with van der Waals surface area (Å²) < 4.78 is 33.9. The first kappa shape index (κ1) is 17.7. The van der Waals surface area contributed by atoms with Crippen LogP contribution in [0.1, 0.15) is 5.56 Å². The van der Waals surface area contributed by atoms with Crippen LogP contribution >= 0.6 is 11.6 Å². The van der Waals surface area contributed by atoms with E-state index in [1.165, 1.54) is 37.5 Å². The first-order valence-electron chi connectivity index (χ1n) is 6.86. The number of methoxy groups -OCH3 is 1. The first-order valence-corrected chi connectivity index (χ1v) is 7.24. The number of hydrogen-bond acceptors (Lipinski definition) is 3. The molecule has 126 valence electrons. The van der Waals surface area contributed by atoms with E-state index in [-0.39, 0.29) is 17.4 Å². The highest BCUT2D eigenvalue weighted by molar-refractivity contribution is 6.33. The molecule has 1 N–H and O–H groups in total. The summed E-state index contributed by atoms with van der Waals surface area (Å²) in [6.07, 6.45) is 2.81. The van der Waals surface area contributed by atoms with E-state index in [0.29, 0.717) is 16.3 Å². The average molecular weight is 354 g/mol. The molecule has 2 aromatic carbocycles. The molecule has 7 heteroatoms. The van der Waals surface area contributed by atoms with Gasteiger partial charge >= 0.3 is 6.61 Å². The minimum atomic E-state index is -2.94. The summed E-state index contributed by atoms with van der Waals surface area (Å²) in [7, 11) is 1.34. The molecular weight excluding hydrogens is 340 g/mol. The molecule has 0 saturated heterocycles. The Hall–Kier alpha value is -2.60. The summed E-state index contributed by atoms with van der Waals surface area (Å²) in [4.78, 5) is 11.9. The van der Waals surface area contributed by atoms with Gasteiger partial charge in [0.05, 0.1) is 17.8 Å². The van der Waals surface area contributed by atoms with Crippen LogP contribution in [0.3, 0.4) is 0 Å². The Kier molecular flexibility index (Phi) is 6.14. The van der Waals surface area contributed by atoms with E-state index in [1.54, 1.807) is 24.3 Å². The third-order valence-corrected chi connectivity index (χ3v) is 3.29. The van der Waals surface area contributed by atoms with Gasteiger partial charge < -0.3 is 14.8 Å². The van der Waals surface area contributed by atoms with Gasteiger partial charge in [0, 0.05) is 6.08 Å². The van der Waals surface area contributed by atoms with Gasteiger partial charge in [0.2, 0.25) is 5.91 Å². The van der Waals surface area contributed by atoms with Crippen molar-refractivity contribution in [3.8, 4) is 11.5 Å². The lowest BCUT2D eigenvalue weighted by atomic mass is 10.2. The molecule has 0 unspecified atom stereocenters. The summed E-state index contributed by atoms with van der Waals surface area (Å²) in [5.74, 6) is -0.316. The minimum Gasteiger partial charge on any atom is -0.493 e. The second-order valence-corrected chi connectivity index (χ2v) is 5.00. The number of rotatable bonds is 6. The van der Waals surface area contributed by atoms with Gasteiger partial charge in [-0.15, -0.1) is 0 Å². The van der Waals surface area contributed by atoms with Crippen LogP contribution in [0.15, 0.2) is 48.5 Å². The lowest BCUT2D eigenvalue weighted by Crippen LogP contribution is -2.08. The van der Waals surface area contributed by atoms with Crippen molar-refractivity contribution in [2.75, 3.05) is 12.4 Å². The van der Waals surface area contributed by atoms with Crippen molar-refractivity contribution in [1.82, 2.24) is 0 Å². The average Bonchev–Trinajstić information content (AvgIpc) is 2.55. The second kappa shape index (κ2) is 8.31. The van der Waals surface area contributed by atoms with Gasteiger partial charge in [-0.25, -0.2) is 0 Å². The molecular formula is C17H14ClF2NO3. The van der Waals surface area contributed by atoms with E-state index in [2.05, 4.69) is 10.1 Å². The molecule has 0 saturated carbocycles. The van der Waals surface area contributed by atoms with E-state index in [1.807, 2.05) is 0 Å². The Morgan fingerprint density at radius 3 is 2.62 bits per heavy atom. The zero-order valence-electron chi connectivity index (χ0n) is 12.6. The minimum absolute atomic E-state index is 0.0785. The number of alkyl halides is 2. The third kappa shape index (κ3) is 4.96. The summed E-state index contributed by atoms with van der Waals surface area (Å²) >= 11 is 5.95. The lowest BCUT2D eigenvalue weighted by molar-refractivity contribution is -0.111. The Balaban J connectivity index is 2.08. The van der Waals surface area contributed by atoms with Crippen molar-refractivity contribution in [1.29, 1.82) is 0 Å². The molecule has 4 nitrogen and oxygen atoms in total. The fourth-order valence-corrected chi connectivity index (χ4v) is 2.07. The molecule has 0 fully saturated rings. The number of carbonyl (C=O) groups excluding carboxylic acids is 1. The SMILES string of the molecule is COc1cc(C=CC(=O)Nc2ccccc2Cl)ccc1OC(F)F. The largest absolute Gasteiger partial charge is 0.493 e. The number of benzene rings is 2.